The van der Waals surface area contributed by atoms with Crippen LogP contribution in [0.15, 0.2) is 42.5 Å². The van der Waals surface area contributed by atoms with Crippen molar-refractivity contribution < 1.29 is 9.47 Å². The number of benzene rings is 2. The van der Waals surface area contributed by atoms with Gasteiger partial charge < -0.3 is 20.1 Å². The Morgan fingerprint density at radius 1 is 1.17 bits per heavy atom. The Hall–Kier alpha value is -2.27. The minimum atomic E-state index is -0.0664. The molecule has 0 aliphatic carbocycles. The Bertz CT molecular complexity index is 718. The average molecular weight is 328 g/mol. The molecule has 0 spiro atoms. The van der Waals surface area contributed by atoms with Gasteiger partial charge in [-0.25, -0.2) is 0 Å². The Balaban J connectivity index is 1.53. The monoisotopic (exact) mass is 328 g/mol. The van der Waals surface area contributed by atoms with Crippen molar-refractivity contribution in [3.63, 3.8) is 0 Å². The molecule has 0 amide bonds. The number of hydrogen-bond acceptors (Lipinski definition) is 3. The predicted molar refractivity (Wildman–Crippen MR) is 96.5 cm³/mol. The molecule has 3 rings (SSSR count). The largest absolute Gasteiger partial charge is 0.486 e. The van der Waals surface area contributed by atoms with Gasteiger partial charge in [0.15, 0.2) is 16.6 Å². The third kappa shape index (κ3) is 3.93. The SMILES string of the molecule is Cc1ccc(C)c(NC(=S)NC[C@H]2COc3ccccc3O2)c1. The van der Waals surface area contributed by atoms with E-state index in [-0.39, 0.29) is 6.10 Å². The average Bonchev–Trinajstić information content (AvgIpc) is 2.56. The summed E-state index contributed by atoms with van der Waals surface area (Å²) in [6.45, 7) is 5.21. The standard InChI is InChI=1S/C18H20N2O2S/c1-12-7-8-13(2)15(9-12)20-18(23)19-10-14-11-21-16-5-3-4-6-17(16)22-14/h3-9,14H,10-11H2,1-2H3,(H2,19,20,23)/t14-/m0/s1. The van der Waals surface area contributed by atoms with E-state index in [0.717, 1.165) is 22.7 Å². The van der Waals surface area contributed by atoms with Crippen LogP contribution >= 0.6 is 12.2 Å². The molecule has 0 aromatic heterocycles. The summed E-state index contributed by atoms with van der Waals surface area (Å²) >= 11 is 5.37. The maximum absolute atomic E-state index is 5.90. The molecule has 4 nitrogen and oxygen atoms in total. The lowest BCUT2D eigenvalue weighted by molar-refractivity contribution is 0.0939. The van der Waals surface area contributed by atoms with E-state index >= 15 is 0 Å². The summed E-state index contributed by atoms with van der Waals surface area (Å²) in [4.78, 5) is 0. The molecule has 0 fully saturated rings. The second-order valence-corrected chi connectivity index (χ2v) is 6.06. The third-order valence-corrected chi connectivity index (χ3v) is 3.95. The molecule has 5 heteroatoms. The first-order valence-corrected chi connectivity index (χ1v) is 8.03. The van der Waals surface area contributed by atoms with E-state index in [2.05, 4.69) is 42.7 Å². The molecule has 1 heterocycles. The Morgan fingerprint density at radius 2 is 1.96 bits per heavy atom. The molecule has 0 bridgehead atoms. The van der Waals surface area contributed by atoms with Crippen LogP contribution in [-0.4, -0.2) is 24.4 Å². The highest BCUT2D eigenvalue weighted by atomic mass is 32.1. The first kappa shape index (κ1) is 15.6. The molecule has 2 N–H and O–H groups in total. The fourth-order valence-corrected chi connectivity index (χ4v) is 2.60. The second-order valence-electron chi connectivity index (χ2n) is 5.65. The zero-order valence-electron chi connectivity index (χ0n) is 13.3. The van der Waals surface area contributed by atoms with Crippen molar-refractivity contribution in [1.29, 1.82) is 0 Å². The van der Waals surface area contributed by atoms with E-state index in [1.165, 1.54) is 5.56 Å². The Kier molecular flexibility index (Phi) is 4.67. The van der Waals surface area contributed by atoms with E-state index in [0.29, 0.717) is 18.3 Å². The minimum Gasteiger partial charge on any atom is -0.486 e. The number of rotatable bonds is 3. The number of fused-ring (bicyclic) bond motifs is 1. The van der Waals surface area contributed by atoms with Crippen LogP contribution in [0.5, 0.6) is 11.5 Å². The fourth-order valence-electron chi connectivity index (χ4n) is 2.41. The van der Waals surface area contributed by atoms with Crippen molar-refractivity contribution in [2.75, 3.05) is 18.5 Å². The number of ether oxygens (including phenoxy) is 2. The summed E-state index contributed by atoms with van der Waals surface area (Å²) in [6.07, 6.45) is -0.0664. The Morgan fingerprint density at radius 3 is 2.78 bits per heavy atom. The van der Waals surface area contributed by atoms with E-state index < -0.39 is 0 Å². The maximum Gasteiger partial charge on any atom is 0.170 e. The first-order chi connectivity index (χ1) is 11.1. The van der Waals surface area contributed by atoms with E-state index in [1.807, 2.05) is 24.3 Å². The number of para-hydroxylation sites is 2. The van der Waals surface area contributed by atoms with Gasteiger partial charge in [0.25, 0.3) is 0 Å². The maximum atomic E-state index is 5.90. The van der Waals surface area contributed by atoms with Crippen LogP contribution in [0.25, 0.3) is 0 Å². The van der Waals surface area contributed by atoms with Crippen molar-refractivity contribution >= 4 is 23.0 Å². The topological polar surface area (TPSA) is 42.5 Å². The van der Waals surface area contributed by atoms with Gasteiger partial charge >= 0.3 is 0 Å². The van der Waals surface area contributed by atoms with Crippen molar-refractivity contribution in [3.8, 4) is 11.5 Å². The van der Waals surface area contributed by atoms with Gasteiger partial charge in [-0.05, 0) is 55.4 Å². The van der Waals surface area contributed by atoms with Gasteiger partial charge in [-0.15, -0.1) is 0 Å². The van der Waals surface area contributed by atoms with Gasteiger partial charge in [0.1, 0.15) is 12.7 Å². The fraction of sp³-hybridized carbons (Fsp3) is 0.278. The van der Waals surface area contributed by atoms with Crippen LogP contribution in [0.2, 0.25) is 0 Å². The number of thiocarbonyl (C=S) groups is 1. The van der Waals surface area contributed by atoms with E-state index in [1.54, 1.807) is 0 Å². The summed E-state index contributed by atoms with van der Waals surface area (Å²) in [7, 11) is 0. The highest BCUT2D eigenvalue weighted by Crippen LogP contribution is 2.30. The van der Waals surface area contributed by atoms with Crippen LogP contribution < -0.4 is 20.1 Å². The quantitative estimate of drug-likeness (QED) is 0.845. The predicted octanol–water partition coefficient (Wildman–Crippen LogP) is 3.43. The lowest BCUT2D eigenvalue weighted by atomic mass is 10.1. The molecule has 1 aliphatic heterocycles. The lowest BCUT2D eigenvalue weighted by Crippen LogP contribution is -2.42. The van der Waals surface area contributed by atoms with Crippen molar-refractivity contribution in [3.05, 3.63) is 53.6 Å². The number of anilines is 1. The van der Waals surface area contributed by atoms with Crippen molar-refractivity contribution in [2.24, 2.45) is 0 Å². The lowest BCUT2D eigenvalue weighted by Gasteiger charge is -2.27. The van der Waals surface area contributed by atoms with Crippen molar-refractivity contribution in [2.45, 2.75) is 20.0 Å². The van der Waals surface area contributed by atoms with Crippen LogP contribution in [0.1, 0.15) is 11.1 Å². The number of nitrogens with one attached hydrogen (secondary N) is 2. The number of hydrogen-bond donors (Lipinski definition) is 2. The third-order valence-electron chi connectivity index (χ3n) is 3.70. The Labute approximate surface area is 141 Å². The molecule has 0 radical (unpaired) electrons. The molecular formula is C18H20N2O2S. The van der Waals surface area contributed by atoms with Crippen LogP contribution in [0.3, 0.4) is 0 Å². The van der Waals surface area contributed by atoms with Gasteiger partial charge in [-0.2, -0.15) is 0 Å². The smallest absolute Gasteiger partial charge is 0.170 e. The van der Waals surface area contributed by atoms with Gasteiger partial charge in [-0.1, -0.05) is 24.3 Å². The van der Waals surface area contributed by atoms with Gasteiger partial charge in [0.2, 0.25) is 0 Å². The van der Waals surface area contributed by atoms with Gasteiger partial charge in [-0.3, -0.25) is 0 Å². The zero-order chi connectivity index (χ0) is 16.2. The van der Waals surface area contributed by atoms with E-state index in [9.17, 15) is 0 Å². The van der Waals surface area contributed by atoms with Crippen LogP contribution in [0, 0.1) is 13.8 Å². The molecule has 1 aliphatic rings. The molecule has 120 valence electrons. The van der Waals surface area contributed by atoms with Crippen LogP contribution in [-0.2, 0) is 0 Å². The highest BCUT2D eigenvalue weighted by Gasteiger charge is 2.20. The molecule has 0 unspecified atom stereocenters. The summed E-state index contributed by atoms with van der Waals surface area (Å²) in [5.74, 6) is 1.57. The van der Waals surface area contributed by atoms with E-state index in [4.69, 9.17) is 21.7 Å². The molecule has 23 heavy (non-hydrogen) atoms. The van der Waals surface area contributed by atoms with Gasteiger partial charge in [0, 0.05) is 5.69 Å². The summed E-state index contributed by atoms with van der Waals surface area (Å²) in [5, 5.41) is 7.01. The second kappa shape index (κ2) is 6.87. The molecule has 1 atom stereocenters. The molecule has 2 aromatic carbocycles. The summed E-state index contributed by atoms with van der Waals surface area (Å²) in [5.41, 5.74) is 3.38. The van der Waals surface area contributed by atoms with Crippen LogP contribution in [0.4, 0.5) is 5.69 Å². The normalized spacial score (nSPS) is 15.8. The molecule has 2 aromatic rings. The summed E-state index contributed by atoms with van der Waals surface area (Å²) < 4.78 is 11.6. The molecule has 0 saturated carbocycles. The van der Waals surface area contributed by atoms with Crippen molar-refractivity contribution in [1.82, 2.24) is 5.32 Å². The summed E-state index contributed by atoms with van der Waals surface area (Å²) in [6, 6.07) is 13.9. The zero-order valence-corrected chi connectivity index (χ0v) is 14.1. The first-order valence-electron chi connectivity index (χ1n) is 7.62. The highest BCUT2D eigenvalue weighted by molar-refractivity contribution is 7.80. The molecular weight excluding hydrogens is 308 g/mol. The molecule has 0 saturated heterocycles. The number of aryl methyl sites for hydroxylation is 2. The minimum absolute atomic E-state index is 0.0664. The van der Waals surface area contributed by atoms with Gasteiger partial charge in [0.05, 0.1) is 6.54 Å².